The third-order valence-electron chi connectivity index (χ3n) is 5.82. The first kappa shape index (κ1) is 25.7. The van der Waals surface area contributed by atoms with Crippen molar-refractivity contribution < 1.29 is 14.9 Å². The number of benzene rings is 3. The van der Waals surface area contributed by atoms with Crippen LogP contribution in [0.4, 0.5) is 0 Å². The highest BCUT2D eigenvalue weighted by Gasteiger charge is 2.34. The van der Waals surface area contributed by atoms with Gasteiger partial charge in [-0.25, -0.2) is 0 Å². The van der Waals surface area contributed by atoms with Crippen molar-refractivity contribution in [3.8, 4) is 5.75 Å². The maximum absolute atomic E-state index is 12.0. The van der Waals surface area contributed by atoms with Gasteiger partial charge in [0.15, 0.2) is 6.23 Å². The number of nitrogens with two attached hydrogens (primary N) is 1. The Morgan fingerprint density at radius 3 is 1.79 bits per heavy atom. The van der Waals surface area contributed by atoms with Gasteiger partial charge in [0.2, 0.25) is 0 Å². The van der Waals surface area contributed by atoms with Crippen LogP contribution in [0, 0.1) is 5.92 Å². The second-order valence-electron chi connectivity index (χ2n) is 8.33. The minimum Gasteiger partial charge on any atom is -0.473 e. The molecule has 0 aliphatic carbocycles. The molecule has 0 saturated heterocycles. The van der Waals surface area contributed by atoms with E-state index in [9.17, 15) is 10.2 Å². The zero-order valence-electron chi connectivity index (χ0n) is 19.3. The summed E-state index contributed by atoms with van der Waals surface area (Å²) in [5, 5.41) is 22.7. The number of aliphatic hydroxyl groups is 2. The van der Waals surface area contributed by atoms with Crippen LogP contribution in [-0.2, 0) is 5.60 Å². The topological polar surface area (TPSA) is 75.7 Å². The molecule has 4 nitrogen and oxygen atoms in total. The van der Waals surface area contributed by atoms with E-state index < -0.39 is 17.9 Å². The van der Waals surface area contributed by atoms with Crippen molar-refractivity contribution in [2.75, 3.05) is 12.5 Å². The lowest BCUT2D eigenvalue weighted by atomic mass is 9.78. The molecule has 6 heteroatoms. The number of rotatable bonds is 11. The highest BCUT2D eigenvalue weighted by molar-refractivity contribution is 7.98. The van der Waals surface area contributed by atoms with Crippen LogP contribution < -0.4 is 10.5 Å². The van der Waals surface area contributed by atoms with Crippen molar-refractivity contribution >= 4 is 23.5 Å². The maximum atomic E-state index is 12.0. The van der Waals surface area contributed by atoms with Crippen LogP contribution in [0.1, 0.15) is 30.9 Å². The average Bonchev–Trinajstić information content (AvgIpc) is 2.84. The highest BCUT2D eigenvalue weighted by atomic mass is 32.2. The van der Waals surface area contributed by atoms with E-state index in [2.05, 4.69) is 0 Å². The molecule has 3 rings (SSSR count). The van der Waals surface area contributed by atoms with E-state index in [0.717, 1.165) is 20.9 Å². The Kier molecular flexibility index (Phi) is 9.29. The van der Waals surface area contributed by atoms with Gasteiger partial charge in [-0.05, 0) is 78.8 Å². The summed E-state index contributed by atoms with van der Waals surface area (Å²) in [4.78, 5) is 2.29. The fourth-order valence-corrected chi connectivity index (χ4v) is 4.82. The number of hydrogen-bond donors (Lipinski definition) is 3. The Balaban J connectivity index is 1.78. The molecule has 0 bridgehead atoms. The molecular weight excluding hydrogens is 450 g/mol. The molecular formula is C27H33NO3S2. The molecule has 0 heterocycles. The highest BCUT2D eigenvalue weighted by Crippen LogP contribution is 2.38. The smallest absolute Gasteiger partial charge is 0.173 e. The van der Waals surface area contributed by atoms with Crippen LogP contribution in [-0.4, -0.2) is 35.1 Å². The van der Waals surface area contributed by atoms with E-state index in [1.807, 2.05) is 98.3 Å². The summed E-state index contributed by atoms with van der Waals surface area (Å²) in [7, 11) is 0. The minimum absolute atomic E-state index is 0.0177. The number of thioether (sulfide) groups is 2. The van der Waals surface area contributed by atoms with Gasteiger partial charge in [-0.1, -0.05) is 49.4 Å². The van der Waals surface area contributed by atoms with Gasteiger partial charge in [0.25, 0.3) is 0 Å². The molecule has 0 aromatic heterocycles. The molecule has 176 valence electrons. The van der Waals surface area contributed by atoms with Crippen LogP contribution in [0.5, 0.6) is 5.75 Å². The molecule has 0 spiro atoms. The summed E-state index contributed by atoms with van der Waals surface area (Å²) in [6, 6.07) is 25.3. The van der Waals surface area contributed by atoms with Gasteiger partial charge >= 0.3 is 0 Å². The van der Waals surface area contributed by atoms with E-state index in [4.69, 9.17) is 10.5 Å². The average molecular weight is 484 g/mol. The van der Waals surface area contributed by atoms with Gasteiger partial charge in [0.05, 0.1) is 0 Å². The summed E-state index contributed by atoms with van der Waals surface area (Å²) in [5.74, 6) is 0.604. The van der Waals surface area contributed by atoms with E-state index in [1.54, 1.807) is 23.5 Å². The Morgan fingerprint density at radius 1 is 0.848 bits per heavy atom. The molecule has 0 saturated carbocycles. The van der Waals surface area contributed by atoms with Gasteiger partial charge < -0.3 is 14.9 Å². The Bertz CT molecular complexity index is 933. The first-order chi connectivity index (χ1) is 15.9. The van der Waals surface area contributed by atoms with Crippen molar-refractivity contribution in [2.24, 2.45) is 11.7 Å². The third kappa shape index (κ3) is 6.78. The first-order valence-corrected chi connectivity index (χ1v) is 13.5. The lowest BCUT2D eigenvalue weighted by Gasteiger charge is -2.33. The molecule has 3 aromatic carbocycles. The van der Waals surface area contributed by atoms with Crippen LogP contribution in [0.15, 0.2) is 88.7 Å². The predicted molar refractivity (Wildman–Crippen MR) is 139 cm³/mol. The number of aliphatic hydroxyl groups excluding tert-OH is 1. The molecule has 2 unspecified atom stereocenters. The van der Waals surface area contributed by atoms with Gasteiger partial charge in [-0.3, -0.25) is 5.73 Å². The first-order valence-electron chi connectivity index (χ1n) is 11.0. The van der Waals surface area contributed by atoms with Crippen LogP contribution >= 0.6 is 23.5 Å². The number of para-hydroxylation sites is 1. The molecule has 0 radical (unpaired) electrons. The Labute approximate surface area is 205 Å². The number of hydrogen-bond acceptors (Lipinski definition) is 6. The van der Waals surface area contributed by atoms with Crippen molar-refractivity contribution in [1.82, 2.24) is 0 Å². The minimum atomic E-state index is -1.18. The van der Waals surface area contributed by atoms with Gasteiger partial charge in [0, 0.05) is 9.79 Å². The van der Waals surface area contributed by atoms with Crippen molar-refractivity contribution in [3.63, 3.8) is 0 Å². The van der Waals surface area contributed by atoms with Crippen LogP contribution in [0.2, 0.25) is 0 Å². The SMILES string of the molecule is CSc1ccc(C(O)(CC(C)C[C@H](O)C(N)Oc2ccccc2)c2ccc(SC)cc2)cc1. The quantitative estimate of drug-likeness (QED) is 0.247. The summed E-state index contributed by atoms with van der Waals surface area (Å²) < 4.78 is 5.69. The molecule has 0 fully saturated rings. The predicted octanol–water partition coefficient (Wildman–Crippen LogP) is 5.51. The fraction of sp³-hybridized carbons (Fsp3) is 0.333. The van der Waals surface area contributed by atoms with Gasteiger partial charge in [-0.2, -0.15) is 0 Å². The maximum Gasteiger partial charge on any atom is 0.173 e. The molecule has 3 atom stereocenters. The van der Waals surface area contributed by atoms with E-state index in [1.165, 1.54) is 0 Å². The standard InChI is InChI=1S/C27H33NO3S2/c1-19(17-25(29)26(28)31-22-7-5-4-6-8-22)18-27(30,20-9-13-23(32-2)14-10-20)21-11-15-24(33-3)16-12-21/h4-16,19,25-26,29-30H,17-18,28H2,1-3H3/t19?,25-,26?/m0/s1. The monoisotopic (exact) mass is 483 g/mol. The second-order valence-corrected chi connectivity index (χ2v) is 10.1. The zero-order valence-corrected chi connectivity index (χ0v) is 21.0. The van der Waals surface area contributed by atoms with Crippen molar-refractivity contribution in [3.05, 3.63) is 90.0 Å². The second kappa shape index (κ2) is 12.0. The number of ether oxygens (including phenoxy) is 1. The van der Waals surface area contributed by atoms with Crippen LogP contribution in [0.25, 0.3) is 0 Å². The summed E-state index contributed by atoms with van der Waals surface area (Å²) in [6.45, 7) is 2.02. The summed E-state index contributed by atoms with van der Waals surface area (Å²) in [5.41, 5.74) is 6.60. The van der Waals surface area contributed by atoms with E-state index >= 15 is 0 Å². The van der Waals surface area contributed by atoms with Crippen molar-refractivity contribution in [1.29, 1.82) is 0 Å². The lowest BCUT2D eigenvalue weighted by Crippen LogP contribution is -2.41. The van der Waals surface area contributed by atoms with Crippen LogP contribution in [0.3, 0.4) is 0 Å². The summed E-state index contributed by atoms with van der Waals surface area (Å²) in [6.07, 6.45) is 3.22. The zero-order chi connectivity index (χ0) is 23.8. The molecule has 0 aliphatic heterocycles. The molecule has 0 amide bonds. The normalized spacial score (nSPS) is 14.5. The molecule has 33 heavy (non-hydrogen) atoms. The van der Waals surface area contributed by atoms with Gasteiger partial charge in [-0.15, -0.1) is 23.5 Å². The fourth-order valence-electron chi connectivity index (χ4n) is 4.00. The van der Waals surface area contributed by atoms with Crippen molar-refractivity contribution in [2.45, 2.75) is 47.5 Å². The van der Waals surface area contributed by atoms with Gasteiger partial charge in [0.1, 0.15) is 17.5 Å². The summed E-state index contributed by atoms with van der Waals surface area (Å²) >= 11 is 3.34. The molecule has 0 aliphatic rings. The van der Waals surface area contributed by atoms with E-state index in [-0.39, 0.29) is 5.92 Å². The Hall–Kier alpha value is -1.96. The molecule has 4 N–H and O–H groups in total. The molecule has 3 aromatic rings. The Morgan fingerprint density at radius 2 is 1.33 bits per heavy atom. The third-order valence-corrected chi connectivity index (χ3v) is 7.30. The van der Waals surface area contributed by atoms with E-state index in [0.29, 0.717) is 18.6 Å². The lowest BCUT2D eigenvalue weighted by molar-refractivity contribution is 0.00672. The largest absolute Gasteiger partial charge is 0.473 e.